The molecule has 152 valence electrons. The average molecular weight is 646 g/mol. The number of aromatic nitrogens is 2. The van der Waals surface area contributed by atoms with Crippen molar-refractivity contribution in [3.63, 3.8) is 0 Å². The van der Waals surface area contributed by atoms with Gasteiger partial charge in [0, 0.05) is 24.3 Å². The number of fused-ring (bicyclic) bond motifs is 2. The molecule has 31 heavy (non-hydrogen) atoms. The van der Waals surface area contributed by atoms with Crippen molar-refractivity contribution in [2.75, 3.05) is 0 Å². The molecule has 0 saturated heterocycles. The maximum Gasteiger partial charge on any atom is 4.00 e. The molecule has 0 radical (unpaired) electrons. The smallest absolute Gasteiger partial charge is 1.00 e. The molecular formula is C24H18Cl2HfN2P2. The Morgan fingerprint density at radius 1 is 0.613 bits per heavy atom. The zero-order valence-corrected chi connectivity index (χ0v) is 23.3. The van der Waals surface area contributed by atoms with Crippen LogP contribution in [0.25, 0.3) is 32.9 Å². The fourth-order valence-corrected chi connectivity index (χ4v) is 4.69. The fraction of sp³-hybridized carbons (Fsp3) is 0. The summed E-state index contributed by atoms with van der Waals surface area (Å²) in [6, 6.07) is 25.8. The maximum absolute atomic E-state index is 2.22. The van der Waals surface area contributed by atoms with Crippen LogP contribution in [-0.4, -0.2) is 9.13 Å². The largest absolute Gasteiger partial charge is 4.00 e. The van der Waals surface area contributed by atoms with E-state index < -0.39 is 0 Å². The maximum atomic E-state index is 2.22. The summed E-state index contributed by atoms with van der Waals surface area (Å²) in [5.74, 6) is 8.59. The van der Waals surface area contributed by atoms with Gasteiger partial charge in [-0.25, -0.2) is 0 Å². The first-order valence-corrected chi connectivity index (χ1v) is 11.2. The summed E-state index contributed by atoms with van der Waals surface area (Å²) in [7, 11) is 2.53. The molecule has 0 unspecified atom stereocenters. The van der Waals surface area contributed by atoms with Crippen LogP contribution < -0.4 is 24.8 Å². The van der Waals surface area contributed by atoms with Gasteiger partial charge < -0.3 is 33.9 Å². The van der Waals surface area contributed by atoms with Gasteiger partial charge in [0.15, 0.2) is 0 Å². The molecule has 0 aliphatic heterocycles. The molecule has 6 aromatic rings. The second-order valence-electron chi connectivity index (χ2n) is 6.62. The van der Waals surface area contributed by atoms with Crippen LogP contribution in [0.1, 0.15) is 0 Å². The van der Waals surface area contributed by atoms with E-state index >= 15 is 0 Å². The molecule has 0 aliphatic rings. The third-order valence-corrected chi connectivity index (χ3v) is 6.19. The van der Waals surface area contributed by atoms with Gasteiger partial charge in [-0.05, 0) is 23.0 Å². The predicted molar refractivity (Wildman–Crippen MR) is 123 cm³/mol. The molecule has 7 heteroatoms. The number of hydrogen-bond donors (Lipinski definition) is 0. The number of halogens is 2. The molecule has 0 saturated carbocycles. The van der Waals surface area contributed by atoms with Crippen LogP contribution in [0.3, 0.4) is 0 Å². The van der Waals surface area contributed by atoms with Gasteiger partial charge in [0.05, 0.1) is 0 Å². The molecular weight excluding hydrogens is 628 g/mol. The third kappa shape index (κ3) is 5.86. The average Bonchev–Trinajstić information content (AvgIpc) is 3.54. The Labute approximate surface area is 216 Å². The standard InChI is InChI=1S/2C12H9NP.2ClH.Hf/c2*1-2-4-11-8-12(7-10(11)3-1)13-5-6-14-9-13;;;/h2*1-9H;2*1H;/q2*-1;;;+4/p-2. The normalized spacial score (nSPS) is 10.3. The van der Waals surface area contributed by atoms with Crippen molar-refractivity contribution < 1.29 is 50.7 Å². The Balaban J connectivity index is 0.000000201. The number of rotatable bonds is 2. The number of benzene rings is 2. The van der Waals surface area contributed by atoms with Crippen LogP contribution in [0.4, 0.5) is 0 Å². The molecule has 4 aromatic carbocycles. The van der Waals surface area contributed by atoms with Crippen LogP contribution in [0, 0.1) is 0 Å². The van der Waals surface area contributed by atoms with Crippen LogP contribution in [0.5, 0.6) is 0 Å². The topological polar surface area (TPSA) is 9.86 Å². The molecule has 0 fully saturated rings. The van der Waals surface area contributed by atoms with Gasteiger partial charge in [0.1, 0.15) is 0 Å². The molecule has 2 nitrogen and oxygen atoms in total. The van der Waals surface area contributed by atoms with E-state index in [0.717, 1.165) is 0 Å². The first kappa shape index (κ1) is 25.8. The minimum absolute atomic E-state index is 0. The van der Waals surface area contributed by atoms with E-state index in [1.807, 2.05) is 0 Å². The number of nitrogens with zero attached hydrogens (tertiary/aromatic N) is 2. The van der Waals surface area contributed by atoms with Crippen LogP contribution in [0.2, 0.25) is 0 Å². The summed E-state index contributed by atoms with van der Waals surface area (Å²) in [6.07, 6.45) is 4.21. The van der Waals surface area contributed by atoms with Gasteiger partial charge in [-0.3, -0.25) is 0 Å². The Kier molecular flexibility index (Phi) is 9.94. The Morgan fingerprint density at radius 3 is 1.39 bits per heavy atom. The van der Waals surface area contributed by atoms with Gasteiger partial charge in [0.25, 0.3) is 0 Å². The minimum atomic E-state index is 0. The van der Waals surface area contributed by atoms with E-state index in [4.69, 9.17) is 0 Å². The van der Waals surface area contributed by atoms with Crippen LogP contribution in [0.15, 0.2) is 109 Å². The van der Waals surface area contributed by atoms with Crippen molar-refractivity contribution >= 4 is 37.9 Å². The molecule has 2 aromatic heterocycles. The summed E-state index contributed by atoms with van der Waals surface area (Å²) in [4.78, 5) is 0. The Hall–Kier alpha value is -1.47. The van der Waals surface area contributed by atoms with Crippen molar-refractivity contribution in [3.05, 3.63) is 109 Å². The monoisotopic (exact) mass is 646 g/mol. The molecule has 6 rings (SSSR count). The zero-order valence-electron chi connectivity index (χ0n) is 16.4. The SMILES string of the molecule is [Cl-].[Cl-].[Hf+4].c1ccc2[cH-]c(-n3ccpc3)cc2c1.c1ccc2[cH-]c(-n3ccpc3)cc2c1. The summed E-state index contributed by atoms with van der Waals surface area (Å²) < 4.78 is 4.34. The van der Waals surface area contributed by atoms with Gasteiger partial charge >= 0.3 is 25.8 Å². The summed E-state index contributed by atoms with van der Waals surface area (Å²) in [6.45, 7) is 0. The molecule has 2 heterocycles. The van der Waals surface area contributed by atoms with Gasteiger partial charge in [0.2, 0.25) is 0 Å². The van der Waals surface area contributed by atoms with Crippen molar-refractivity contribution in [1.29, 1.82) is 0 Å². The van der Waals surface area contributed by atoms with Gasteiger partial charge in [-0.2, -0.15) is 0 Å². The molecule has 0 bridgehead atoms. The molecule has 0 spiro atoms. The van der Waals surface area contributed by atoms with E-state index in [2.05, 4.69) is 118 Å². The van der Waals surface area contributed by atoms with Crippen molar-refractivity contribution in [3.8, 4) is 11.4 Å². The van der Waals surface area contributed by atoms with Crippen LogP contribution >= 0.6 is 16.4 Å². The van der Waals surface area contributed by atoms with E-state index in [9.17, 15) is 0 Å². The second-order valence-corrected chi connectivity index (χ2v) is 8.28. The molecule has 0 N–H and O–H groups in total. The van der Waals surface area contributed by atoms with Crippen molar-refractivity contribution in [2.45, 2.75) is 0 Å². The third-order valence-electron chi connectivity index (χ3n) is 4.81. The van der Waals surface area contributed by atoms with E-state index in [1.54, 1.807) is 0 Å². The molecule has 0 atom stereocenters. The zero-order chi connectivity index (χ0) is 18.8. The van der Waals surface area contributed by atoms with Gasteiger partial charge in [-0.1, -0.05) is 28.5 Å². The first-order chi connectivity index (χ1) is 13.9. The quantitative estimate of drug-likeness (QED) is 0.201. The van der Waals surface area contributed by atoms with E-state index in [-0.39, 0.29) is 50.7 Å². The predicted octanol–water partition coefficient (Wildman–Crippen LogP) is 1.86. The van der Waals surface area contributed by atoms with Crippen LogP contribution in [-0.2, 0) is 25.8 Å². The van der Waals surface area contributed by atoms with E-state index in [0.29, 0.717) is 0 Å². The summed E-state index contributed by atoms with van der Waals surface area (Å²) in [5.41, 5.74) is 2.51. The van der Waals surface area contributed by atoms with Crippen molar-refractivity contribution in [2.24, 2.45) is 0 Å². The van der Waals surface area contributed by atoms with Gasteiger partial charge in [-0.15, -0.1) is 82.2 Å². The first-order valence-electron chi connectivity index (χ1n) is 9.14. The van der Waals surface area contributed by atoms with E-state index in [1.165, 1.54) is 49.3 Å². The molecule has 0 aliphatic carbocycles. The molecule has 0 amide bonds. The van der Waals surface area contributed by atoms with Crippen molar-refractivity contribution in [1.82, 2.24) is 9.13 Å². The number of hydrogen-bond acceptors (Lipinski definition) is 0. The second kappa shape index (κ2) is 12.0. The minimum Gasteiger partial charge on any atom is -1.00 e. The fourth-order valence-electron chi connectivity index (χ4n) is 3.39. The Morgan fingerprint density at radius 2 is 1.03 bits per heavy atom. The summed E-state index contributed by atoms with van der Waals surface area (Å²) in [5, 5.41) is 5.25. The summed E-state index contributed by atoms with van der Waals surface area (Å²) >= 11 is 0. The Bertz CT molecular complexity index is 1150.